The summed E-state index contributed by atoms with van der Waals surface area (Å²) in [6.07, 6.45) is 0. The van der Waals surface area contributed by atoms with Crippen LogP contribution in [0, 0.1) is 5.41 Å². The van der Waals surface area contributed by atoms with Crippen molar-refractivity contribution in [1.82, 2.24) is 0 Å². The van der Waals surface area contributed by atoms with Crippen LogP contribution in [0.1, 0.15) is 0 Å². The Labute approximate surface area is 126 Å². The molecule has 0 saturated carbocycles. The molecule has 0 aliphatic carbocycles. The van der Waals surface area contributed by atoms with Crippen molar-refractivity contribution in [1.29, 1.82) is 5.41 Å². The predicted molar refractivity (Wildman–Crippen MR) is 92.6 cm³/mol. The molecule has 0 unspecified atom stereocenters. The van der Waals surface area contributed by atoms with Crippen LogP contribution in [0.2, 0.25) is 0 Å². The Bertz CT molecular complexity index is 555. The standard InChI is InChI=1S/C12H10.C6H7N.CH3N/c1-3-7-11(8-4-1)12-9-5-2-6-10-12;7-6-4-2-1-3-5-6;1-2/h1-10H;1-5H,7H2;2H,1H2. The highest BCUT2D eigenvalue weighted by molar-refractivity contribution is 5.62. The van der Waals surface area contributed by atoms with Gasteiger partial charge in [-0.3, -0.25) is 0 Å². The number of anilines is 1. The van der Waals surface area contributed by atoms with Crippen molar-refractivity contribution in [3.05, 3.63) is 91.0 Å². The van der Waals surface area contributed by atoms with Crippen LogP contribution in [0.4, 0.5) is 5.69 Å². The summed E-state index contributed by atoms with van der Waals surface area (Å²) in [6, 6.07) is 30.3. The Morgan fingerprint density at radius 1 is 0.524 bits per heavy atom. The first-order valence-electron chi connectivity index (χ1n) is 6.62. The summed E-state index contributed by atoms with van der Waals surface area (Å²) in [6.45, 7) is 2.50. The highest BCUT2D eigenvalue weighted by Gasteiger charge is 1.91. The van der Waals surface area contributed by atoms with Crippen molar-refractivity contribution in [2.45, 2.75) is 0 Å². The van der Waals surface area contributed by atoms with Gasteiger partial charge in [0.2, 0.25) is 0 Å². The summed E-state index contributed by atoms with van der Waals surface area (Å²) in [5, 5.41) is 5.50. The lowest BCUT2D eigenvalue weighted by molar-refractivity contribution is 1.61. The molecule has 0 radical (unpaired) electrons. The van der Waals surface area contributed by atoms with Crippen LogP contribution in [0.15, 0.2) is 91.0 Å². The van der Waals surface area contributed by atoms with E-state index in [1.54, 1.807) is 0 Å². The van der Waals surface area contributed by atoms with E-state index >= 15 is 0 Å². The number of nitrogen functional groups attached to an aromatic ring is 1. The quantitative estimate of drug-likeness (QED) is 0.482. The van der Waals surface area contributed by atoms with Gasteiger partial charge in [0.05, 0.1) is 0 Å². The summed E-state index contributed by atoms with van der Waals surface area (Å²) in [4.78, 5) is 0. The van der Waals surface area contributed by atoms with Crippen LogP contribution in [-0.4, -0.2) is 6.72 Å². The summed E-state index contributed by atoms with van der Waals surface area (Å²) in [5.74, 6) is 0. The Balaban J connectivity index is 0.000000210. The Kier molecular flexibility index (Phi) is 7.69. The van der Waals surface area contributed by atoms with Gasteiger partial charge in [-0.15, -0.1) is 0 Å². The molecule has 0 aromatic heterocycles. The lowest BCUT2D eigenvalue weighted by Gasteiger charge is -1.98. The molecule has 3 rings (SSSR count). The van der Waals surface area contributed by atoms with Crippen LogP contribution < -0.4 is 5.73 Å². The van der Waals surface area contributed by atoms with E-state index < -0.39 is 0 Å². The van der Waals surface area contributed by atoms with E-state index in [1.165, 1.54) is 11.1 Å². The first kappa shape index (κ1) is 16.2. The van der Waals surface area contributed by atoms with E-state index in [9.17, 15) is 0 Å². The Hall–Kier alpha value is -2.87. The summed E-state index contributed by atoms with van der Waals surface area (Å²) >= 11 is 0. The fraction of sp³-hybridized carbons (Fsp3) is 0. The molecule has 0 aliphatic rings. The molecule has 0 atom stereocenters. The topological polar surface area (TPSA) is 49.9 Å². The molecule has 21 heavy (non-hydrogen) atoms. The van der Waals surface area contributed by atoms with E-state index in [2.05, 4.69) is 55.2 Å². The maximum Gasteiger partial charge on any atom is 0.0313 e. The first-order chi connectivity index (χ1) is 10.4. The smallest absolute Gasteiger partial charge is 0.0313 e. The van der Waals surface area contributed by atoms with Gasteiger partial charge in [0.1, 0.15) is 0 Å². The van der Waals surface area contributed by atoms with Crippen molar-refractivity contribution in [3.8, 4) is 11.1 Å². The Morgan fingerprint density at radius 2 is 0.810 bits per heavy atom. The molecule has 0 bridgehead atoms. The van der Waals surface area contributed by atoms with Crippen molar-refractivity contribution in [2.75, 3.05) is 5.73 Å². The molecule has 0 spiro atoms. The van der Waals surface area contributed by atoms with Gasteiger partial charge >= 0.3 is 0 Å². The molecule has 0 fully saturated rings. The summed E-state index contributed by atoms with van der Waals surface area (Å²) < 4.78 is 0. The van der Waals surface area contributed by atoms with Gasteiger partial charge in [0.25, 0.3) is 0 Å². The van der Waals surface area contributed by atoms with Crippen LogP contribution in [0.25, 0.3) is 11.1 Å². The molecule has 0 saturated heterocycles. The second kappa shape index (κ2) is 9.98. The molecule has 0 amide bonds. The third-order valence-electron chi connectivity index (χ3n) is 2.68. The fourth-order valence-electron chi connectivity index (χ4n) is 1.71. The van der Waals surface area contributed by atoms with Gasteiger partial charge in [-0.2, -0.15) is 0 Å². The van der Waals surface area contributed by atoms with Gasteiger partial charge < -0.3 is 11.1 Å². The average molecular weight is 276 g/mol. The molecular formula is C19H20N2. The van der Waals surface area contributed by atoms with Gasteiger partial charge in [0.15, 0.2) is 0 Å². The van der Waals surface area contributed by atoms with Crippen molar-refractivity contribution < 1.29 is 0 Å². The molecule has 2 heteroatoms. The maximum atomic E-state index is 5.50. The minimum Gasteiger partial charge on any atom is -0.399 e. The normalized spacial score (nSPS) is 8.57. The second-order valence-electron chi connectivity index (χ2n) is 4.14. The van der Waals surface area contributed by atoms with E-state index in [-0.39, 0.29) is 0 Å². The predicted octanol–water partition coefficient (Wildman–Crippen LogP) is 4.89. The van der Waals surface area contributed by atoms with Gasteiger partial charge in [0, 0.05) is 5.69 Å². The fourth-order valence-corrected chi connectivity index (χ4v) is 1.71. The van der Waals surface area contributed by atoms with E-state index in [4.69, 9.17) is 11.1 Å². The number of hydrogen-bond donors (Lipinski definition) is 2. The van der Waals surface area contributed by atoms with Gasteiger partial charge in [-0.25, -0.2) is 0 Å². The Morgan fingerprint density at radius 3 is 1.05 bits per heavy atom. The van der Waals surface area contributed by atoms with Crippen LogP contribution in [0.5, 0.6) is 0 Å². The van der Waals surface area contributed by atoms with Crippen molar-refractivity contribution >= 4 is 12.4 Å². The summed E-state index contributed by atoms with van der Waals surface area (Å²) in [5.41, 5.74) is 8.73. The number of benzene rings is 3. The van der Waals surface area contributed by atoms with E-state index in [0.717, 1.165) is 5.69 Å². The number of nitrogens with one attached hydrogen (secondary N) is 1. The zero-order valence-electron chi connectivity index (χ0n) is 11.9. The lowest BCUT2D eigenvalue weighted by atomic mass is 10.1. The molecule has 3 N–H and O–H groups in total. The molecule has 0 heterocycles. The zero-order valence-corrected chi connectivity index (χ0v) is 11.9. The number of nitrogens with two attached hydrogens (primary N) is 1. The van der Waals surface area contributed by atoms with Crippen LogP contribution >= 0.6 is 0 Å². The maximum absolute atomic E-state index is 5.50. The minimum atomic E-state index is 0.822. The average Bonchev–Trinajstić information content (AvgIpc) is 2.60. The molecule has 0 aliphatic heterocycles. The first-order valence-corrected chi connectivity index (χ1v) is 6.62. The second-order valence-corrected chi connectivity index (χ2v) is 4.14. The number of rotatable bonds is 1. The molecular weight excluding hydrogens is 256 g/mol. The molecule has 3 aromatic rings. The summed E-state index contributed by atoms with van der Waals surface area (Å²) in [7, 11) is 0. The van der Waals surface area contributed by atoms with Crippen LogP contribution in [-0.2, 0) is 0 Å². The van der Waals surface area contributed by atoms with E-state index in [0.29, 0.717) is 0 Å². The van der Waals surface area contributed by atoms with E-state index in [1.807, 2.05) is 42.5 Å². The van der Waals surface area contributed by atoms with Crippen molar-refractivity contribution in [2.24, 2.45) is 0 Å². The van der Waals surface area contributed by atoms with Gasteiger partial charge in [-0.1, -0.05) is 78.9 Å². The highest BCUT2D eigenvalue weighted by Crippen LogP contribution is 2.17. The number of hydrogen-bond acceptors (Lipinski definition) is 2. The zero-order chi connectivity index (χ0) is 15.3. The van der Waals surface area contributed by atoms with Crippen LogP contribution in [0.3, 0.4) is 0 Å². The highest BCUT2D eigenvalue weighted by atomic mass is 14.5. The van der Waals surface area contributed by atoms with Gasteiger partial charge in [-0.05, 0) is 30.0 Å². The molecule has 3 aromatic carbocycles. The third kappa shape index (κ3) is 6.21. The monoisotopic (exact) mass is 276 g/mol. The minimum absolute atomic E-state index is 0.822. The largest absolute Gasteiger partial charge is 0.399 e. The lowest BCUT2D eigenvalue weighted by Crippen LogP contribution is -1.79. The van der Waals surface area contributed by atoms with Crippen molar-refractivity contribution in [3.63, 3.8) is 0 Å². The third-order valence-corrected chi connectivity index (χ3v) is 2.68. The SMILES string of the molecule is C=N.Nc1ccccc1.c1ccc(-c2ccccc2)cc1. The molecule has 106 valence electrons. The number of para-hydroxylation sites is 1. The molecule has 2 nitrogen and oxygen atoms in total.